The lowest BCUT2D eigenvalue weighted by molar-refractivity contribution is 0.0342. The maximum Gasteiger partial charge on any atom is 0.255 e. The Bertz CT molecular complexity index is 667. The molecule has 0 saturated carbocycles. The Morgan fingerprint density at radius 3 is 2.48 bits per heavy atom. The minimum Gasteiger partial charge on any atom is -0.379 e. The van der Waals surface area contributed by atoms with Crippen molar-refractivity contribution in [2.45, 2.75) is 6.54 Å². The summed E-state index contributed by atoms with van der Waals surface area (Å²) in [5, 5.41) is 3.36. The van der Waals surface area contributed by atoms with Crippen LogP contribution in [-0.4, -0.2) is 37.1 Å². The summed E-state index contributed by atoms with van der Waals surface area (Å²) in [5.74, 6) is -0.156. The number of ether oxygens (including phenoxy) is 1. The summed E-state index contributed by atoms with van der Waals surface area (Å²) < 4.78 is 5.35. The summed E-state index contributed by atoms with van der Waals surface area (Å²) in [6, 6.07) is 14.9. The van der Waals surface area contributed by atoms with Crippen LogP contribution in [-0.2, 0) is 11.3 Å². The molecule has 0 spiro atoms. The number of hydrogen-bond donors (Lipinski definition) is 1. The number of amides is 1. The second-order valence-corrected chi connectivity index (χ2v) is 5.93. The van der Waals surface area contributed by atoms with Crippen LogP contribution < -0.4 is 5.32 Å². The van der Waals surface area contributed by atoms with Crippen LogP contribution in [0.2, 0.25) is 5.02 Å². The molecule has 1 amide bonds. The molecule has 0 radical (unpaired) electrons. The zero-order valence-corrected chi connectivity index (χ0v) is 13.6. The summed E-state index contributed by atoms with van der Waals surface area (Å²) >= 11 is 6.06. The van der Waals surface area contributed by atoms with Crippen LogP contribution in [0.15, 0.2) is 48.5 Å². The first kappa shape index (κ1) is 16.0. The molecular weight excluding hydrogens is 312 g/mol. The fourth-order valence-electron chi connectivity index (χ4n) is 2.54. The molecule has 23 heavy (non-hydrogen) atoms. The lowest BCUT2D eigenvalue weighted by Crippen LogP contribution is -2.35. The van der Waals surface area contributed by atoms with Crippen LogP contribution in [0.3, 0.4) is 0 Å². The molecule has 4 nitrogen and oxygen atoms in total. The van der Waals surface area contributed by atoms with Gasteiger partial charge >= 0.3 is 0 Å². The van der Waals surface area contributed by atoms with Crippen molar-refractivity contribution in [3.8, 4) is 0 Å². The number of halogens is 1. The number of carbonyl (C=O) groups is 1. The van der Waals surface area contributed by atoms with Crippen LogP contribution in [0.25, 0.3) is 0 Å². The predicted octanol–water partition coefficient (Wildman–Crippen LogP) is 3.42. The molecule has 120 valence electrons. The van der Waals surface area contributed by atoms with E-state index < -0.39 is 0 Å². The van der Waals surface area contributed by atoms with Crippen LogP contribution >= 0.6 is 11.6 Å². The van der Waals surface area contributed by atoms with Gasteiger partial charge in [0, 0.05) is 25.2 Å². The van der Waals surface area contributed by atoms with E-state index in [9.17, 15) is 4.79 Å². The molecular formula is C18H19ClN2O2. The third kappa shape index (κ3) is 4.32. The quantitative estimate of drug-likeness (QED) is 0.934. The zero-order valence-electron chi connectivity index (χ0n) is 12.8. The van der Waals surface area contributed by atoms with Gasteiger partial charge in [-0.15, -0.1) is 0 Å². The van der Waals surface area contributed by atoms with Gasteiger partial charge in [-0.05, 0) is 29.8 Å². The minimum atomic E-state index is -0.156. The molecule has 1 heterocycles. The Morgan fingerprint density at radius 2 is 1.78 bits per heavy atom. The minimum absolute atomic E-state index is 0.156. The number of carbonyl (C=O) groups excluding carboxylic acids is 1. The molecule has 3 rings (SSSR count). The molecule has 2 aromatic rings. The van der Waals surface area contributed by atoms with E-state index in [1.54, 1.807) is 12.1 Å². The number of anilines is 1. The summed E-state index contributed by atoms with van der Waals surface area (Å²) in [4.78, 5) is 14.6. The standard InChI is InChI=1S/C18H19ClN2O2/c19-16-3-1-2-4-17(16)20-18(22)15-7-5-14(6-8-15)13-21-9-11-23-12-10-21/h1-8H,9-13H2,(H,20,22). The van der Waals surface area contributed by atoms with E-state index in [-0.39, 0.29) is 5.91 Å². The SMILES string of the molecule is O=C(Nc1ccccc1Cl)c1ccc(CN2CCOCC2)cc1. The Hall–Kier alpha value is -1.88. The maximum absolute atomic E-state index is 12.3. The highest BCUT2D eigenvalue weighted by Gasteiger charge is 2.12. The number of morpholine rings is 1. The zero-order chi connectivity index (χ0) is 16.1. The number of benzene rings is 2. The van der Waals surface area contributed by atoms with E-state index in [1.807, 2.05) is 36.4 Å². The molecule has 0 aliphatic carbocycles. The largest absolute Gasteiger partial charge is 0.379 e. The van der Waals surface area contributed by atoms with Gasteiger partial charge in [0.15, 0.2) is 0 Å². The van der Waals surface area contributed by atoms with E-state index in [2.05, 4.69) is 10.2 Å². The van der Waals surface area contributed by atoms with Crippen molar-refractivity contribution in [2.75, 3.05) is 31.6 Å². The Labute approximate surface area is 141 Å². The molecule has 0 atom stereocenters. The molecule has 1 saturated heterocycles. The van der Waals surface area contributed by atoms with E-state index in [1.165, 1.54) is 5.56 Å². The first-order valence-electron chi connectivity index (χ1n) is 7.67. The van der Waals surface area contributed by atoms with Crippen molar-refractivity contribution in [2.24, 2.45) is 0 Å². The molecule has 5 heteroatoms. The molecule has 0 bridgehead atoms. The topological polar surface area (TPSA) is 41.6 Å². The van der Waals surface area contributed by atoms with E-state index in [0.717, 1.165) is 32.8 Å². The molecule has 1 fully saturated rings. The number of hydrogen-bond acceptors (Lipinski definition) is 3. The highest BCUT2D eigenvalue weighted by atomic mass is 35.5. The van der Waals surface area contributed by atoms with Gasteiger partial charge in [-0.25, -0.2) is 0 Å². The highest BCUT2D eigenvalue weighted by molar-refractivity contribution is 6.33. The fraction of sp³-hybridized carbons (Fsp3) is 0.278. The van der Waals surface area contributed by atoms with E-state index in [4.69, 9.17) is 16.3 Å². The van der Waals surface area contributed by atoms with E-state index in [0.29, 0.717) is 16.3 Å². The predicted molar refractivity (Wildman–Crippen MR) is 91.9 cm³/mol. The van der Waals surface area contributed by atoms with Crippen LogP contribution in [0.4, 0.5) is 5.69 Å². The van der Waals surface area contributed by atoms with Gasteiger partial charge in [0.1, 0.15) is 0 Å². The average Bonchev–Trinajstić information content (AvgIpc) is 2.58. The Balaban J connectivity index is 1.62. The number of rotatable bonds is 4. The van der Waals surface area contributed by atoms with Gasteiger partial charge < -0.3 is 10.1 Å². The molecule has 0 unspecified atom stereocenters. The summed E-state index contributed by atoms with van der Waals surface area (Å²) in [5.41, 5.74) is 2.44. The van der Waals surface area contributed by atoms with Crippen molar-refractivity contribution in [1.29, 1.82) is 0 Å². The van der Waals surface area contributed by atoms with Crippen LogP contribution in [0.1, 0.15) is 15.9 Å². The fourth-order valence-corrected chi connectivity index (χ4v) is 2.72. The van der Waals surface area contributed by atoms with Gasteiger partial charge in [0.25, 0.3) is 5.91 Å². The Kier molecular flexibility index (Phi) is 5.28. The van der Waals surface area contributed by atoms with Gasteiger partial charge in [-0.1, -0.05) is 35.9 Å². The molecule has 1 aliphatic rings. The first-order valence-corrected chi connectivity index (χ1v) is 8.05. The molecule has 1 N–H and O–H groups in total. The highest BCUT2D eigenvalue weighted by Crippen LogP contribution is 2.21. The number of nitrogens with zero attached hydrogens (tertiary/aromatic N) is 1. The van der Waals surface area contributed by atoms with Crippen molar-refractivity contribution < 1.29 is 9.53 Å². The van der Waals surface area contributed by atoms with Gasteiger partial charge in [-0.3, -0.25) is 9.69 Å². The third-order valence-electron chi connectivity index (χ3n) is 3.85. The van der Waals surface area contributed by atoms with Crippen molar-refractivity contribution in [1.82, 2.24) is 4.90 Å². The normalized spacial score (nSPS) is 15.3. The first-order chi connectivity index (χ1) is 11.2. The molecule has 0 aromatic heterocycles. The lowest BCUT2D eigenvalue weighted by Gasteiger charge is -2.26. The average molecular weight is 331 g/mol. The smallest absolute Gasteiger partial charge is 0.255 e. The van der Waals surface area contributed by atoms with E-state index >= 15 is 0 Å². The summed E-state index contributed by atoms with van der Waals surface area (Å²) in [6.07, 6.45) is 0. The molecule has 1 aliphatic heterocycles. The maximum atomic E-state index is 12.3. The summed E-state index contributed by atoms with van der Waals surface area (Å²) in [6.45, 7) is 4.37. The van der Waals surface area contributed by atoms with Gasteiger partial charge in [0.05, 0.1) is 23.9 Å². The second kappa shape index (κ2) is 7.59. The van der Waals surface area contributed by atoms with Crippen LogP contribution in [0.5, 0.6) is 0 Å². The number of para-hydroxylation sites is 1. The van der Waals surface area contributed by atoms with Crippen molar-refractivity contribution in [3.63, 3.8) is 0 Å². The monoisotopic (exact) mass is 330 g/mol. The van der Waals surface area contributed by atoms with Gasteiger partial charge in [0.2, 0.25) is 0 Å². The van der Waals surface area contributed by atoms with Crippen molar-refractivity contribution >= 4 is 23.2 Å². The van der Waals surface area contributed by atoms with Crippen LogP contribution in [0, 0.1) is 0 Å². The lowest BCUT2D eigenvalue weighted by atomic mass is 10.1. The third-order valence-corrected chi connectivity index (χ3v) is 4.18. The Morgan fingerprint density at radius 1 is 1.09 bits per heavy atom. The van der Waals surface area contributed by atoms with Crippen molar-refractivity contribution in [3.05, 3.63) is 64.7 Å². The van der Waals surface area contributed by atoms with Gasteiger partial charge in [-0.2, -0.15) is 0 Å². The number of nitrogens with one attached hydrogen (secondary N) is 1. The summed E-state index contributed by atoms with van der Waals surface area (Å²) in [7, 11) is 0. The second-order valence-electron chi connectivity index (χ2n) is 5.52. The molecule has 2 aromatic carbocycles.